The summed E-state index contributed by atoms with van der Waals surface area (Å²) in [7, 11) is 0. The van der Waals surface area contributed by atoms with Crippen molar-refractivity contribution in [1.82, 2.24) is 4.90 Å². The molecule has 2 unspecified atom stereocenters. The van der Waals surface area contributed by atoms with Crippen LogP contribution in [0.2, 0.25) is 0 Å². The molecular formula is C16H29ClN2O. The second-order valence-electron chi connectivity index (χ2n) is 6.31. The fourth-order valence-electron chi connectivity index (χ4n) is 3.59. The Bertz CT molecular complexity index is 316. The van der Waals surface area contributed by atoms with Gasteiger partial charge in [0.1, 0.15) is 0 Å². The van der Waals surface area contributed by atoms with E-state index in [2.05, 4.69) is 6.58 Å². The normalized spacial score (nSPS) is 26.9. The van der Waals surface area contributed by atoms with Gasteiger partial charge >= 0.3 is 0 Å². The molecular weight excluding hydrogens is 272 g/mol. The molecule has 0 aromatic carbocycles. The second-order valence-corrected chi connectivity index (χ2v) is 6.31. The smallest absolute Gasteiger partial charge is 0.226 e. The number of hydrogen-bond donors (Lipinski definition) is 1. The quantitative estimate of drug-likeness (QED) is 0.793. The Hall–Kier alpha value is -0.540. The van der Waals surface area contributed by atoms with Gasteiger partial charge in [0.15, 0.2) is 0 Å². The molecule has 3 nitrogen and oxygen atoms in total. The molecule has 20 heavy (non-hydrogen) atoms. The van der Waals surface area contributed by atoms with E-state index in [1.165, 1.54) is 32.1 Å². The van der Waals surface area contributed by atoms with Crippen LogP contribution in [0.25, 0.3) is 0 Å². The number of amides is 1. The molecule has 116 valence electrons. The van der Waals surface area contributed by atoms with E-state index < -0.39 is 0 Å². The van der Waals surface area contributed by atoms with Gasteiger partial charge in [0.25, 0.3) is 0 Å². The summed E-state index contributed by atoms with van der Waals surface area (Å²) < 4.78 is 0. The SMILES string of the molecule is C=CCN(CC1CCCCC1)C(=O)C1CCC(N)C1.Cl. The summed E-state index contributed by atoms with van der Waals surface area (Å²) in [5.74, 6) is 1.18. The van der Waals surface area contributed by atoms with Crippen molar-refractivity contribution in [2.75, 3.05) is 13.1 Å². The molecule has 0 radical (unpaired) electrons. The molecule has 2 saturated carbocycles. The third-order valence-corrected chi connectivity index (χ3v) is 4.69. The highest BCUT2D eigenvalue weighted by Gasteiger charge is 2.31. The molecule has 2 fully saturated rings. The Balaban J connectivity index is 0.00000200. The molecule has 2 atom stereocenters. The van der Waals surface area contributed by atoms with Crippen molar-refractivity contribution in [3.05, 3.63) is 12.7 Å². The first-order chi connectivity index (χ1) is 9.20. The first-order valence-electron chi connectivity index (χ1n) is 7.86. The summed E-state index contributed by atoms with van der Waals surface area (Å²) in [4.78, 5) is 14.6. The van der Waals surface area contributed by atoms with E-state index in [1.54, 1.807) is 0 Å². The first-order valence-corrected chi connectivity index (χ1v) is 7.86. The van der Waals surface area contributed by atoms with Gasteiger partial charge in [0.2, 0.25) is 5.91 Å². The molecule has 2 N–H and O–H groups in total. The van der Waals surface area contributed by atoms with Crippen LogP contribution < -0.4 is 5.73 Å². The Kier molecular flexibility index (Phi) is 7.60. The molecule has 0 bridgehead atoms. The molecule has 4 heteroatoms. The molecule has 2 rings (SSSR count). The van der Waals surface area contributed by atoms with Gasteiger partial charge in [-0.25, -0.2) is 0 Å². The summed E-state index contributed by atoms with van der Waals surface area (Å²) in [6.07, 6.45) is 11.3. The van der Waals surface area contributed by atoms with Crippen LogP contribution in [0.4, 0.5) is 0 Å². The van der Waals surface area contributed by atoms with E-state index >= 15 is 0 Å². The van der Waals surface area contributed by atoms with E-state index in [0.29, 0.717) is 18.4 Å². The van der Waals surface area contributed by atoms with Crippen molar-refractivity contribution in [3.63, 3.8) is 0 Å². The monoisotopic (exact) mass is 300 g/mol. The van der Waals surface area contributed by atoms with Gasteiger partial charge in [-0.15, -0.1) is 19.0 Å². The summed E-state index contributed by atoms with van der Waals surface area (Å²) in [5.41, 5.74) is 5.93. The van der Waals surface area contributed by atoms with Crippen molar-refractivity contribution in [2.45, 2.75) is 57.4 Å². The van der Waals surface area contributed by atoms with E-state index in [9.17, 15) is 4.79 Å². The van der Waals surface area contributed by atoms with E-state index in [0.717, 1.165) is 25.8 Å². The van der Waals surface area contributed by atoms with Crippen molar-refractivity contribution in [1.29, 1.82) is 0 Å². The zero-order valence-electron chi connectivity index (χ0n) is 12.4. The molecule has 0 aliphatic heterocycles. The topological polar surface area (TPSA) is 46.3 Å². The highest BCUT2D eigenvalue weighted by molar-refractivity contribution is 5.85. The molecule has 0 spiro atoms. The van der Waals surface area contributed by atoms with Gasteiger partial charge in [-0.1, -0.05) is 25.3 Å². The third-order valence-electron chi connectivity index (χ3n) is 4.69. The van der Waals surface area contributed by atoms with Crippen LogP contribution in [0.5, 0.6) is 0 Å². The molecule has 2 aliphatic carbocycles. The molecule has 0 heterocycles. The molecule has 0 saturated heterocycles. The third kappa shape index (κ3) is 4.78. The van der Waals surface area contributed by atoms with Gasteiger partial charge in [-0.05, 0) is 38.0 Å². The number of nitrogens with zero attached hydrogens (tertiary/aromatic N) is 1. The van der Waals surface area contributed by atoms with Crippen LogP contribution in [0.3, 0.4) is 0 Å². The first kappa shape index (κ1) is 17.5. The van der Waals surface area contributed by atoms with Gasteiger partial charge < -0.3 is 10.6 Å². The van der Waals surface area contributed by atoms with Crippen molar-refractivity contribution >= 4 is 18.3 Å². The lowest BCUT2D eigenvalue weighted by molar-refractivity contribution is -0.135. The molecule has 1 amide bonds. The van der Waals surface area contributed by atoms with E-state index in [-0.39, 0.29) is 24.4 Å². The predicted molar refractivity (Wildman–Crippen MR) is 85.9 cm³/mol. The largest absolute Gasteiger partial charge is 0.338 e. The van der Waals surface area contributed by atoms with E-state index in [1.807, 2.05) is 11.0 Å². The molecule has 0 aromatic heterocycles. The number of carbonyl (C=O) groups excluding carboxylic acids is 1. The predicted octanol–water partition coefficient (Wildman–Crippen LogP) is 3.13. The molecule has 0 aromatic rings. The Morgan fingerprint density at radius 2 is 1.90 bits per heavy atom. The second kappa shape index (κ2) is 8.68. The van der Waals surface area contributed by atoms with Crippen LogP contribution in [0.1, 0.15) is 51.4 Å². The van der Waals surface area contributed by atoms with Crippen molar-refractivity contribution in [2.24, 2.45) is 17.6 Å². The standard InChI is InChI=1S/C16H28N2O.ClH/c1-2-10-18(12-13-6-4-3-5-7-13)16(19)14-8-9-15(17)11-14;/h2,13-15H,1,3-12,17H2;1H. The van der Waals surface area contributed by atoms with Crippen molar-refractivity contribution in [3.8, 4) is 0 Å². The maximum atomic E-state index is 12.6. The number of halogens is 1. The highest BCUT2D eigenvalue weighted by Crippen LogP contribution is 2.28. The number of nitrogens with two attached hydrogens (primary N) is 1. The maximum absolute atomic E-state index is 12.6. The fraction of sp³-hybridized carbons (Fsp3) is 0.812. The average Bonchev–Trinajstić information content (AvgIpc) is 2.85. The zero-order valence-corrected chi connectivity index (χ0v) is 13.2. The minimum Gasteiger partial charge on any atom is -0.338 e. The fourth-order valence-corrected chi connectivity index (χ4v) is 3.59. The number of rotatable bonds is 5. The Morgan fingerprint density at radius 1 is 1.20 bits per heavy atom. The van der Waals surface area contributed by atoms with Crippen molar-refractivity contribution < 1.29 is 4.79 Å². The summed E-state index contributed by atoms with van der Waals surface area (Å²) in [5, 5.41) is 0. The Morgan fingerprint density at radius 3 is 2.45 bits per heavy atom. The number of carbonyl (C=O) groups is 1. The van der Waals surface area contributed by atoms with Gasteiger partial charge in [0, 0.05) is 25.0 Å². The van der Waals surface area contributed by atoms with Gasteiger partial charge in [-0.2, -0.15) is 0 Å². The van der Waals surface area contributed by atoms with Gasteiger partial charge in [-0.3, -0.25) is 4.79 Å². The minimum atomic E-state index is 0. The zero-order chi connectivity index (χ0) is 13.7. The molecule has 2 aliphatic rings. The lowest BCUT2D eigenvalue weighted by atomic mass is 9.88. The van der Waals surface area contributed by atoms with Crippen LogP contribution in [-0.4, -0.2) is 29.9 Å². The van der Waals surface area contributed by atoms with E-state index in [4.69, 9.17) is 5.73 Å². The maximum Gasteiger partial charge on any atom is 0.226 e. The summed E-state index contributed by atoms with van der Waals surface area (Å²) >= 11 is 0. The van der Waals surface area contributed by atoms with Crippen LogP contribution in [0, 0.1) is 11.8 Å². The highest BCUT2D eigenvalue weighted by atomic mass is 35.5. The lowest BCUT2D eigenvalue weighted by Gasteiger charge is -2.30. The average molecular weight is 301 g/mol. The van der Waals surface area contributed by atoms with Crippen LogP contribution in [-0.2, 0) is 4.79 Å². The Labute approximate surface area is 129 Å². The minimum absolute atomic E-state index is 0. The number of hydrogen-bond acceptors (Lipinski definition) is 2. The summed E-state index contributed by atoms with van der Waals surface area (Å²) in [6.45, 7) is 5.42. The van der Waals surface area contributed by atoms with Crippen LogP contribution >= 0.6 is 12.4 Å². The lowest BCUT2D eigenvalue weighted by Crippen LogP contribution is -2.39. The summed E-state index contributed by atoms with van der Waals surface area (Å²) in [6, 6.07) is 0.231. The van der Waals surface area contributed by atoms with Gasteiger partial charge in [0.05, 0.1) is 0 Å². The van der Waals surface area contributed by atoms with Crippen LogP contribution in [0.15, 0.2) is 12.7 Å².